The molecule has 0 aliphatic carbocycles. The maximum atomic E-state index is 12.7. The fourth-order valence-corrected chi connectivity index (χ4v) is 4.36. The van der Waals surface area contributed by atoms with Crippen LogP contribution in [0.25, 0.3) is 0 Å². The van der Waals surface area contributed by atoms with Gasteiger partial charge in [-0.1, -0.05) is 0 Å². The molecule has 2 amide bonds. The molecule has 3 atom stereocenters. The third kappa shape index (κ3) is 6.38. The van der Waals surface area contributed by atoms with E-state index in [0.29, 0.717) is 25.1 Å². The molecule has 0 bridgehead atoms. The number of nitrogens with one attached hydrogen (secondary N) is 2. The van der Waals surface area contributed by atoms with Crippen LogP contribution in [-0.2, 0) is 9.53 Å². The summed E-state index contributed by atoms with van der Waals surface area (Å²) in [6, 6.07) is 7.37. The molecule has 2 heterocycles. The molecule has 2 aliphatic heterocycles. The number of benzene rings is 1. The SMILES string of the molecule is CC1CN(C(=O)c2ccc(NC(=O)CC3CSCCN3)cc2)CC(C)O1.Cl. The summed E-state index contributed by atoms with van der Waals surface area (Å²) in [4.78, 5) is 26.7. The number of anilines is 1. The topological polar surface area (TPSA) is 70.7 Å². The molecule has 0 spiro atoms. The smallest absolute Gasteiger partial charge is 0.254 e. The van der Waals surface area contributed by atoms with E-state index in [0.717, 1.165) is 23.7 Å². The summed E-state index contributed by atoms with van der Waals surface area (Å²) in [7, 11) is 0. The summed E-state index contributed by atoms with van der Waals surface area (Å²) >= 11 is 1.88. The highest BCUT2D eigenvalue weighted by molar-refractivity contribution is 7.99. The molecular formula is C19H28ClN3O3S. The van der Waals surface area contributed by atoms with Crippen molar-refractivity contribution in [2.75, 3.05) is 36.5 Å². The number of hydrogen-bond donors (Lipinski definition) is 2. The molecule has 6 nitrogen and oxygen atoms in total. The van der Waals surface area contributed by atoms with Gasteiger partial charge >= 0.3 is 0 Å². The first kappa shape index (κ1) is 22.0. The number of halogens is 1. The van der Waals surface area contributed by atoms with Crippen LogP contribution in [0.15, 0.2) is 24.3 Å². The lowest BCUT2D eigenvalue weighted by molar-refractivity contribution is -0.116. The van der Waals surface area contributed by atoms with Crippen molar-refractivity contribution < 1.29 is 14.3 Å². The Kier molecular flexibility index (Phi) is 8.41. The Hall–Kier alpha value is -1.28. The van der Waals surface area contributed by atoms with Crippen molar-refractivity contribution in [1.82, 2.24) is 10.2 Å². The van der Waals surface area contributed by atoms with Crippen molar-refractivity contribution in [2.24, 2.45) is 0 Å². The molecule has 1 aromatic rings. The minimum absolute atomic E-state index is 0. The van der Waals surface area contributed by atoms with Crippen molar-refractivity contribution in [3.8, 4) is 0 Å². The number of thioether (sulfide) groups is 1. The highest BCUT2D eigenvalue weighted by Crippen LogP contribution is 2.17. The zero-order chi connectivity index (χ0) is 18.5. The summed E-state index contributed by atoms with van der Waals surface area (Å²) in [5.74, 6) is 2.08. The number of nitrogens with zero attached hydrogens (tertiary/aromatic N) is 1. The molecule has 8 heteroatoms. The Balaban J connectivity index is 0.00000261. The number of carbonyl (C=O) groups excluding carboxylic acids is 2. The average molecular weight is 414 g/mol. The van der Waals surface area contributed by atoms with Crippen molar-refractivity contribution in [2.45, 2.75) is 38.5 Å². The third-order valence-corrected chi connectivity index (χ3v) is 5.68. The van der Waals surface area contributed by atoms with E-state index in [4.69, 9.17) is 4.74 Å². The maximum Gasteiger partial charge on any atom is 0.254 e. The van der Waals surface area contributed by atoms with Gasteiger partial charge in [-0.2, -0.15) is 11.8 Å². The van der Waals surface area contributed by atoms with Gasteiger partial charge < -0.3 is 20.3 Å². The van der Waals surface area contributed by atoms with Crippen molar-refractivity contribution >= 4 is 41.7 Å². The molecule has 2 aliphatic rings. The van der Waals surface area contributed by atoms with Gasteiger partial charge in [0.2, 0.25) is 5.91 Å². The molecule has 0 aromatic heterocycles. The molecule has 2 fully saturated rings. The number of carbonyl (C=O) groups is 2. The van der Waals surface area contributed by atoms with Crippen LogP contribution in [0.2, 0.25) is 0 Å². The normalized spacial score (nSPS) is 25.4. The second kappa shape index (κ2) is 10.3. The molecule has 150 valence electrons. The van der Waals surface area contributed by atoms with Crippen molar-refractivity contribution in [3.05, 3.63) is 29.8 Å². The van der Waals surface area contributed by atoms with Crippen molar-refractivity contribution in [3.63, 3.8) is 0 Å². The lowest BCUT2D eigenvalue weighted by Crippen LogP contribution is -2.48. The van der Waals surface area contributed by atoms with Crippen LogP contribution >= 0.6 is 24.2 Å². The van der Waals surface area contributed by atoms with Gasteiger partial charge in [0.15, 0.2) is 0 Å². The summed E-state index contributed by atoms with van der Waals surface area (Å²) < 4.78 is 5.68. The minimum Gasteiger partial charge on any atom is -0.372 e. The van der Waals surface area contributed by atoms with Crippen LogP contribution < -0.4 is 10.6 Å². The van der Waals surface area contributed by atoms with E-state index in [1.165, 1.54) is 0 Å². The Morgan fingerprint density at radius 1 is 1.22 bits per heavy atom. The largest absolute Gasteiger partial charge is 0.372 e. The van der Waals surface area contributed by atoms with Gasteiger partial charge in [0.1, 0.15) is 0 Å². The van der Waals surface area contributed by atoms with Crippen LogP contribution in [0.4, 0.5) is 5.69 Å². The highest BCUT2D eigenvalue weighted by Gasteiger charge is 2.26. The zero-order valence-electron chi connectivity index (χ0n) is 15.8. The van der Waals surface area contributed by atoms with E-state index in [1.807, 2.05) is 30.5 Å². The number of ether oxygens (including phenoxy) is 1. The quantitative estimate of drug-likeness (QED) is 0.793. The van der Waals surface area contributed by atoms with Gasteiger partial charge in [-0.25, -0.2) is 0 Å². The first-order valence-corrected chi connectivity index (χ1v) is 10.3. The van der Waals surface area contributed by atoms with E-state index >= 15 is 0 Å². The summed E-state index contributed by atoms with van der Waals surface area (Å²) in [6.07, 6.45) is 0.567. The predicted octanol–water partition coefficient (Wildman–Crippen LogP) is 2.39. The summed E-state index contributed by atoms with van der Waals surface area (Å²) in [5, 5.41) is 6.28. The van der Waals surface area contributed by atoms with Gasteiger partial charge in [-0.15, -0.1) is 12.4 Å². The number of morpholine rings is 1. The van der Waals surface area contributed by atoms with Gasteiger partial charge in [-0.3, -0.25) is 9.59 Å². The first-order chi connectivity index (χ1) is 12.5. The fraction of sp³-hybridized carbons (Fsp3) is 0.579. The van der Waals surface area contributed by atoms with Crippen molar-refractivity contribution in [1.29, 1.82) is 0 Å². The van der Waals surface area contributed by atoms with E-state index in [2.05, 4.69) is 10.6 Å². The predicted molar refractivity (Wildman–Crippen MR) is 112 cm³/mol. The van der Waals surface area contributed by atoms with E-state index in [-0.39, 0.29) is 42.5 Å². The van der Waals surface area contributed by atoms with Gasteiger partial charge in [0, 0.05) is 54.9 Å². The number of amides is 2. The van der Waals surface area contributed by atoms with Crippen LogP contribution in [0.5, 0.6) is 0 Å². The van der Waals surface area contributed by atoms with E-state index in [1.54, 1.807) is 24.3 Å². The fourth-order valence-electron chi connectivity index (χ4n) is 3.41. The minimum atomic E-state index is -0.0000876. The average Bonchev–Trinajstić information content (AvgIpc) is 2.61. The Bertz CT molecular complexity index is 628. The number of rotatable bonds is 4. The third-order valence-electron chi connectivity index (χ3n) is 4.55. The molecule has 2 N–H and O–H groups in total. The number of hydrogen-bond acceptors (Lipinski definition) is 5. The summed E-state index contributed by atoms with van der Waals surface area (Å²) in [6.45, 7) is 6.13. The van der Waals surface area contributed by atoms with Gasteiger partial charge in [-0.05, 0) is 38.1 Å². The van der Waals surface area contributed by atoms with Gasteiger partial charge in [0.25, 0.3) is 5.91 Å². The van der Waals surface area contributed by atoms with Crippen LogP contribution in [0, 0.1) is 0 Å². The molecule has 3 unspecified atom stereocenters. The molecular weight excluding hydrogens is 386 g/mol. The summed E-state index contributed by atoms with van der Waals surface area (Å²) in [5.41, 5.74) is 1.35. The molecule has 0 saturated carbocycles. The van der Waals surface area contributed by atoms with Crippen LogP contribution in [-0.4, -0.2) is 66.1 Å². The van der Waals surface area contributed by atoms with Gasteiger partial charge in [0.05, 0.1) is 12.2 Å². The Morgan fingerprint density at radius 2 is 1.89 bits per heavy atom. The molecule has 2 saturated heterocycles. The lowest BCUT2D eigenvalue weighted by atomic mass is 10.1. The zero-order valence-corrected chi connectivity index (χ0v) is 17.4. The molecule has 3 rings (SSSR count). The standard InChI is InChI=1S/C19H27N3O3S.ClH/c1-13-10-22(11-14(2)25-13)19(24)15-3-5-16(6-4-15)21-18(23)9-17-12-26-8-7-20-17;/h3-6,13-14,17,20H,7-12H2,1-2H3,(H,21,23);1H. The second-order valence-corrected chi connectivity index (χ2v) is 8.17. The van der Waals surface area contributed by atoms with E-state index < -0.39 is 0 Å². The Labute approximate surface area is 171 Å². The molecule has 1 aromatic carbocycles. The van der Waals surface area contributed by atoms with E-state index in [9.17, 15) is 9.59 Å². The monoisotopic (exact) mass is 413 g/mol. The second-order valence-electron chi connectivity index (χ2n) is 7.02. The highest BCUT2D eigenvalue weighted by atomic mass is 35.5. The Morgan fingerprint density at radius 3 is 2.48 bits per heavy atom. The molecule has 27 heavy (non-hydrogen) atoms. The first-order valence-electron chi connectivity index (χ1n) is 9.17. The maximum absolute atomic E-state index is 12.7. The van der Waals surface area contributed by atoms with Crippen LogP contribution in [0.1, 0.15) is 30.6 Å². The van der Waals surface area contributed by atoms with Crippen LogP contribution in [0.3, 0.4) is 0 Å². The molecule has 0 radical (unpaired) electrons. The lowest BCUT2D eigenvalue weighted by Gasteiger charge is -2.35.